The third-order valence-corrected chi connectivity index (χ3v) is 6.30. The Morgan fingerprint density at radius 1 is 0.769 bits per heavy atom. The smallest absolute Gasteiger partial charge is 0.335 e. The standard InChI is InChI=1S/C27H43N3O8S/c28-24(31)21-37-19-18-36-17-15-29-25(32)10-8-20-39-30-26(33)9-6-4-2-1-3-5-7-16-38-23-13-11-22(12-14-23)27(34)35/h11-14H,1-10,15-21H2,(H2,28,31)(H,29,32)(H,30,33)(H,34,35). The number of amides is 3. The number of hydrogen-bond donors (Lipinski definition) is 4. The van der Waals surface area contributed by atoms with E-state index in [1.165, 1.54) is 24.1 Å². The van der Waals surface area contributed by atoms with Gasteiger partial charge in [0.05, 0.1) is 32.0 Å². The van der Waals surface area contributed by atoms with Crippen LogP contribution < -0.4 is 20.5 Å². The molecule has 0 unspecified atom stereocenters. The molecule has 0 aliphatic carbocycles. The van der Waals surface area contributed by atoms with Crippen LogP contribution in [0.3, 0.4) is 0 Å². The van der Waals surface area contributed by atoms with Gasteiger partial charge in [-0.2, -0.15) is 0 Å². The molecule has 0 atom stereocenters. The van der Waals surface area contributed by atoms with Crippen molar-refractivity contribution < 1.29 is 38.5 Å². The van der Waals surface area contributed by atoms with E-state index in [4.69, 9.17) is 25.1 Å². The Morgan fingerprint density at radius 2 is 1.41 bits per heavy atom. The van der Waals surface area contributed by atoms with Crippen molar-refractivity contribution in [1.82, 2.24) is 10.0 Å². The first-order valence-corrected chi connectivity index (χ1v) is 14.4. The van der Waals surface area contributed by atoms with Gasteiger partial charge in [-0.15, -0.1) is 0 Å². The SMILES string of the molecule is NC(=O)COCCOCCNC(=O)CCCSNC(=O)CCCCCCCCCOc1ccc(C(=O)O)cc1. The maximum absolute atomic E-state index is 11.9. The minimum Gasteiger partial charge on any atom is -0.494 e. The van der Waals surface area contributed by atoms with Gasteiger partial charge in [0.1, 0.15) is 12.4 Å². The van der Waals surface area contributed by atoms with Gasteiger partial charge in [0.2, 0.25) is 17.7 Å². The van der Waals surface area contributed by atoms with Gasteiger partial charge in [-0.25, -0.2) is 4.79 Å². The van der Waals surface area contributed by atoms with E-state index in [-0.39, 0.29) is 30.6 Å². The van der Waals surface area contributed by atoms with Gasteiger partial charge in [0, 0.05) is 25.1 Å². The van der Waals surface area contributed by atoms with Gasteiger partial charge < -0.3 is 35.1 Å². The lowest BCUT2D eigenvalue weighted by Gasteiger charge is -2.07. The molecule has 220 valence electrons. The summed E-state index contributed by atoms with van der Waals surface area (Å²) in [7, 11) is 0. The number of benzene rings is 1. The highest BCUT2D eigenvalue weighted by atomic mass is 32.2. The summed E-state index contributed by atoms with van der Waals surface area (Å²) in [5.74, 6) is -0.152. The second-order valence-electron chi connectivity index (χ2n) is 8.86. The van der Waals surface area contributed by atoms with Crippen LogP contribution in [0, 0.1) is 0 Å². The van der Waals surface area contributed by atoms with E-state index in [1.807, 2.05) is 0 Å². The molecule has 0 radical (unpaired) electrons. The predicted molar refractivity (Wildman–Crippen MR) is 150 cm³/mol. The Kier molecular flexibility index (Phi) is 20.2. The third kappa shape index (κ3) is 20.8. The van der Waals surface area contributed by atoms with E-state index in [0.29, 0.717) is 57.1 Å². The molecule has 0 aliphatic heterocycles. The van der Waals surface area contributed by atoms with Crippen molar-refractivity contribution in [2.75, 3.05) is 45.3 Å². The molecule has 0 bridgehead atoms. The van der Waals surface area contributed by atoms with Gasteiger partial charge in [-0.1, -0.05) is 44.1 Å². The Hall–Kier alpha value is -2.83. The summed E-state index contributed by atoms with van der Waals surface area (Å²) in [6.07, 6.45) is 8.82. The first kappa shape index (κ1) is 34.2. The molecule has 1 aromatic carbocycles. The molecule has 0 saturated carbocycles. The number of carbonyl (C=O) groups excluding carboxylic acids is 3. The Labute approximate surface area is 235 Å². The molecule has 39 heavy (non-hydrogen) atoms. The fraction of sp³-hybridized carbons (Fsp3) is 0.630. The zero-order valence-corrected chi connectivity index (χ0v) is 23.4. The average Bonchev–Trinajstić information content (AvgIpc) is 2.91. The van der Waals surface area contributed by atoms with Crippen molar-refractivity contribution in [3.8, 4) is 5.75 Å². The Morgan fingerprint density at radius 3 is 2.10 bits per heavy atom. The summed E-state index contributed by atoms with van der Waals surface area (Å²) in [5, 5.41) is 11.7. The van der Waals surface area contributed by atoms with Gasteiger partial charge in [-0.05, 0) is 43.5 Å². The highest BCUT2D eigenvalue weighted by Crippen LogP contribution is 2.14. The van der Waals surface area contributed by atoms with Crippen LogP contribution in [0.5, 0.6) is 5.75 Å². The van der Waals surface area contributed by atoms with Crippen molar-refractivity contribution >= 4 is 35.6 Å². The molecule has 0 aliphatic rings. The lowest BCUT2D eigenvalue weighted by atomic mass is 10.1. The van der Waals surface area contributed by atoms with Crippen molar-refractivity contribution in [2.45, 2.75) is 64.2 Å². The molecule has 11 nitrogen and oxygen atoms in total. The Balaban J connectivity index is 1.82. The van der Waals surface area contributed by atoms with Gasteiger partial charge >= 0.3 is 5.97 Å². The van der Waals surface area contributed by atoms with E-state index in [0.717, 1.165) is 44.9 Å². The molecule has 0 fully saturated rings. The number of unbranched alkanes of at least 4 members (excludes halogenated alkanes) is 6. The molecule has 1 aromatic rings. The summed E-state index contributed by atoms with van der Waals surface area (Å²) in [4.78, 5) is 45.0. The van der Waals surface area contributed by atoms with E-state index >= 15 is 0 Å². The molecule has 12 heteroatoms. The number of rotatable bonds is 25. The van der Waals surface area contributed by atoms with Gasteiger partial charge in [0.15, 0.2) is 0 Å². The van der Waals surface area contributed by atoms with Crippen LogP contribution >= 0.6 is 11.9 Å². The van der Waals surface area contributed by atoms with E-state index in [2.05, 4.69) is 10.0 Å². The highest BCUT2D eigenvalue weighted by molar-refractivity contribution is 7.97. The fourth-order valence-electron chi connectivity index (χ4n) is 3.39. The molecule has 0 saturated heterocycles. The number of carboxylic acids is 1. The summed E-state index contributed by atoms with van der Waals surface area (Å²) in [5.41, 5.74) is 5.19. The van der Waals surface area contributed by atoms with Crippen molar-refractivity contribution in [3.05, 3.63) is 29.8 Å². The van der Waals surface area contributed by atoms with Gasteiger partial charge in [-0.3, -0.25) is 14.4 Å². The highest BCUT2D eigenvalue weighted by Gasteiger charge is 2.04. The molecular formula is C27H43N3O8S. The van der Waals surface area contributed by atoms with Crippen LogP contribution in [0.25, 0.3) is 0 Å². The zero-order chi connectivity index (χ0) is 28.6. The summed E-state index contributed by atoms with van der Waals surface area (Å²) < 4.78 is 18.7. The van der Waals surface area contributed by atoms with Crippen LogP contribution in [0.4, 0.5) is 0 Å². The van der Waals surface area contributed by atoms with Crippen LogP contribution in [-0.2, 0) is 23.9 Å². The quantitative estimate of drug-likeness (QED) is 0.102. The number of carboxylic acid groups (broad SMARTS) is 1. The molecule has 0 heterocycles. The normalized spacial score (nSPS) is 10.7. The molecule has 3 amide bonds. The Bertz CT molecular complexity index is 839. The molecule has 0 aromatic heterocycles. The second kappa shape index (κ2) is 23.1. The van der Waals surface area contributed by atoms with Crippen molar-refractivity contribution in [3.63, 3.8) is 0 Å². The fourth-order valence-corrected chi connectivity index (χ4v) is 4.04. The number of hydrogen-bond acceptors (Lipinski definition) is 8. The summed E-state index contributed by atoms with van der Waals surface area (Å²) in [6.45, 7) is 1.84. The predicted octanol–water partition coefficient (Wildman–Crippen LogP) is 3.06. The molecule has 0 spiro atoms. The lowest BCUT2D eigenvalue weighted by molar-refractivity contribution is -0.123. The van der Waals surface area contributed by atoms with E-state index in [1.54, 1.807) is 12.1 Å². The van der Waals surface area contributed by atoms with Crippen LogP contribution in [0.2, 0.25) is 0 Å². The minimum absolute atomic E-state index is 0.0231. The third-order valence-electron chi connectivity index (χ3n) is 5.44. The summed E-state index contributed by atoms with van der Waals surface area (Å²) >= 11 is 1.34. The number of nitrogens with one attached hydrogen (secondary N) is 2. The van der Waals surface area contributed by atoms with Crippen LogP contribution in [-0.4, -0.2) is 74.1 Å². The number of primary amides is 1. The number of nitrogens with two attached hydrogens (primary N) is 1. The average molecular weight is 570 g/mol. The summed E-state index contributed by atoms with van der Waals surface area (Å²) in [6, 6.07) is 6.43. The second-order valence-corrected chi connectivity index (χ2v) is 9.76. The maximum Gasteiger partial charge on any atom is 0.335 e. The molecule has 5 N–H and O–H groups in total. The van der Waals surface area contributed by atoms with Crippen LogP contribution in [0.1, 0.15) is 74.6 Å². The minimum atomic E-state index is -0.945. The molecular weight excluding hydrogens is 526 g/mol. The van der Waals surface area contributed by atoms with Crippen molar-refractivity contribution in [2.24, 2.45) is 5.73 Å². The van der Waals surface area contributed by atoms with E-state index in [9.17, 15) is 19.2 Å². The largest absolute Gasteiger partial charge is 0.494 e. The number of carbonyl (C=O) groups is 4. The van der Waals surface area contributed by atoms with Crippen LogP contribution in [0.15, 0.2) is 24.3 Å². The number of aromatic carboxylic acids is 1. The zero-order valence-electron chi connectivity index (χ0n) is 22.6. The van der Waals surface area contributed by atoms with Crippen molar-refractivity contribution in [1.29, 1.82) is 0 Å². The molecule has 1 rings (SSSR count). The first-order chi connectivity index (χ1) is 18.9. The maximum atomic E-state index is 11.9. The van der Waals surface area contributed by atoms with Gasteiger partial charge in [0.25, 0.3) is 0 Å². The van der Waals surface area contributed by atoms with E-state index < -0.39 is 11.9 Å². The monoisotopic (exact) mass is 569 g/mol. The number of ether oxygens (including phenoxy) is 3. The lowest BCUT2D eigenvalue weighted by Crippen LogP contribution is -2.27. The topological polar surface area (TPSA) is 166 Å². The first-order valence-electron chi connectivity index (χ1n) is 13.5.